The van der Waals surface area contributed by atoms with Crippen LogP contribution in [0.4, 0.5) is 9.18 Å². The largest absolute Gasteiger partial charge is 0.340 e. The molecule has 0 atom stereocenters. The number of benzene rings is 2. The summed E-state index contributed by atoms with van der Waals surface area (Å²) in [6, 6.07) is 14.1. The lowest BCUT2D eigenvalue weighted by Gasteiger charge is -2.09. The summed E-state index contributed by atoms with van der Waals surface area (Å²) in [5.41, 5.74) is 3.53. The Bertz CT molecular complexity index is 1130. The maximum Gasteiger partial charge on any atom is 0.328 e. The molecule has 0 radical (unpaired) electrons. The summed E-state index contributed by atoms with van der Waals surface area (Å²) in [5, 5.41) is 3.59. The quantitative estimate of drug-likeness (QED) is 0.551. The number of nitrogens with one attached hydrogen (secondary N) is 1. The van der Waals surface area contributed by atoms with Gasteiger partial charge in [0.15, 0.2) is 0 Å². The van der Waals surface area contributed by atoms with Gasteiger partial charge in [0.05, 0.1) is 6.54 Å². The van der Waals surface area contributed by atoms with E-state index >= 15 is 0 Å². The third kappa shape index (κ3) is 2.87. The normalized spacial score (nSPS) is 15.7. The number of carbonyl (C=O) groups excluding carboxylic acids is 2. The van der Waals surface area contributed by atoms with Gasteiger partial charge in [-0.1, -0.05) is 36.4 Å². The second-order valence-corrected chi connectivity index (χ2v) is 6.73. The molecule has 5 nitrogen and oxygen atoms in total. The summed E-state index contributed by atoms with van der Waals surface area (Å²) in [5.74, 6) is -0.589. The summed E-state index contributed by atoms with van der Waals surface area (Å²) >= 11 is 0. The van der Waals surface area contributed by atoms with E-state index in [2.05, 4.69) is 5.32 Å². The van der Waals surface area contributed by atoms with E-state index in [-0.39, 0.29) is 17.4 Å². The maximum absolute atomic E-state index is 14.2. The van der Waals surface area contributed by atoms with Crippen molar-refractivity contribution in [3.8, 4) is 0 Å². The highest BCUT2D eigenvalue weighted by Crippen LogP contribution is 2.29. The first-order valence-corrected chi connectivity index (χ1v) is 9.17. The van der Waals surface area contributed by atoms with E-state index in [0.717, 1.165) is 22.2 Å². The summed E-state index contributed by atoms with van der Waals surface area (Å²) in [4.78, 5) is 25.6. The van der Waals surface area contributed by atoms with Gasteiger partial charge in [0, 0.05) is 34.3 Å². The van der Waals surface area contributed by atoms with Crippen molar-refractivity contribution in [1.82, 2.24) is 14.8 Å². The Morgan fingerprint density at radius 3 is 2.50 bits per heavy atom. The number of aromatic nitrogens is 1. The van der Waals surface area contributed by atoms with Crippen LogP contribution >= 0.6 is 0 Å². The van der Waals surface area contributed by atoms with Crippen molar-refractivity contribution in [1.29, 1.82) is 0 Å². The van der Waals surface area contributed by atoms with E-state index < -0.39 is 6.03 Å². The number of hydrogen-bond acceptors (Lipinski definition) is 2. The van der Waals surface area contributed by atoms with Crippen molar-refractivity contribution >= 4 is 28.9 Å². The molecule has 1 aliphatic heterocycles. The molecule has 3 amide bonds. The van der Waals surface area contributed by atoms with E-state index in [9.17, 15) is 14.0 Å². The second kappa shape index (κ2) is 6.96. The first-order chi connectivity index (χ1) is 13.5. The molecule has 6 heteroatoms. The minimum Gasteiger partial charge on any atom is -0.340 e. The Morgan fingerprint density at radius 1 is 1.07 bits per heavy atom. The summed E-state index contributed by atoms with van der Waals surface area (Å²) in [6.45, 7) is 4.39. The summed E-state index contributed by atoms with van der Waals surface area (Å²) in [7, 11) is 0. The van der Waals surface area contributed by atoms with Gasteiger partial charge in [-0.05, 0) is 32.1 Å². The van der Waals surface area contributed by atoms with Gasteiger partial charge in [-0.2, -0.15) is 0 Å². The lowest BCUT2D eigenvalue weighted by Crippen LogP contribution is -2.30. The highest BCUT2D eigenvalue weighted by molar-refractivity contribution is 6.14. The van der Waals surface area contributed by atoms with Crippen molar-refractivity contribution < 1.29 is 14.0 Å². The van der Waals surface area contributed by atoms with Gasteiger partial charge < -0.3 is 9.88 Å². The lowest BCUT2D eigenvalue weighted by molar-refractivity contribution is -0.122. The molecule has 0 spiro atoms. The monoisotopic (exact) mass is 377 g/mol. The van der Waals surface area contributed by atoms with Crippen LogP contribution in [0.25, 0.3) is 17.0 Å². The number of nitrogens with zero attached hydrogens (tertiary/aromatic N) is 2. The second-order valence-electron chi connectivity index (χ2n) is 6.73. The average Bonchev–Trinajstić information content (AvgIpc) is 3.11. The molecular formula is C22H20FN3O2. The molecule has 2 aromatic carbocycles. The number of halogens is 1. The fourth-order valence-corrected chi connectivity index (χ4v) is 3.64. The van der Waals surface area contributed by atoms with Crippen molar-refractivity contribution in [2.45, 2.75) is 20.4 Å². The SMILES string of the molecule is CCN1C(=O)N/C(=C/c2c(C)n(Cc3ccccc3F)c3ccccc23)C1=O. The predicted octanol–water partition coefficient (Wildman–Crippen LogP) is 4.05. The van der Waals surface area contributed by atoms with Crippen molar-refractivity contribution in [2.75, 3.05) is 6.54 Å². The fourth-order valence-electron chi connectivity index (χ4n) is 3.64. The van der Waals surface area contributed by atoms with Crippen LogP contribution in [0.1, 0.15) is 23.7 Å². The fraction of sp³-hybridized carbons (Fsp3) is 0.182. The minimum absolute atomic E-state index is 0.253. The number of para-hydroxylation sites is 1. The number of hydrogen-bond donors (Lipinski definition) is 1. The number of urea groups is 1. The van der Waals surface area contributed by atoms with Gasteiger partial charge >= 0.3 is 6.03 Å². The average molecular weight is 377 g/mol. The highest BCUT2D eigenvalue weighted by atomic mass is 19.1. The van der Waals surface area contributed by atoms with Crippen molar-refractivity contribution in [2.24, 2.45) is 0 Å². The number of fused-ring (bicyclic) bond motifs is 1. The molecule has 1 aliphatic rings. The predicted molar refractivity (Wildman–Crippen MR) is 106 cm³/mol. The minimum atomic E-state index is -0.411. The Kier molecular flexibility index (Phi) is 4.47. The van der Waals surface area contributed by atoms with Crippen LogP contribution in [-0.2, 0) is 11.3 Å². The van der Waals surface area contributed by atoms with Gasteiger partial charge in [0.25, 0.3) is 5.91 Å². The number of imide groups is 1. The van der Waals surface area contributed by atoms with Crippen molar-refractivity contribution in [3.05, 3.63) is 76.9 Å². The molecule has 142 valence electrons. The molecule has 3 aromatic rings. The van der Waals surface area contributed by atoms with Crippen LogP contribution in [0.15, 0.2) is 54.2 Å². The van der Waals surface area contributed by atoms with Gasteiger partial charge in [-0.3, -0.25) is 9.69 Å². The zero-order valence-electron chi connectivity index (χ0n) is 15.7. The van der Waals surface area contributed by atoms with E-state index in [4.69, 9.17) is 0 Å². The molecule has 1 fully saturated rings. The zero-order chi connectivity index (χ0) is 19.8. The third-order valence-electron chi connectivity index (χ3n) is 5.13. The van der Waals surface area contributed by atoms with E-state index in [1.54, 1.807) is 25.1 Å². The molecule has 4 rings (SSSR count). The molecule has 1 N–H and O–H groups in total. The van der Waals surface area contributed by atoms with Gasteiger partial charge in [0.1, 0.15) is 11.5 Å². The van der Waals surface area contributed by atoms with Crippen LogP contribution in [0.3, 0.4) is 0 Å². The Balaban J connectivity index is 1.84. The van der Waals surface area contributed by atoms with Crippen LogP contribution < -0.4 is 5.32 Å². The smallest absolute Gasteiger partial charge is 0.328 e. The molecule has 2 heterocycles. The summed E-state index contributed by atoms with van der Waals surface area (Å²) < 4.78 is 16.2. The number of carbonyl (C=O) groups is 2. The molecule has 28 heavy (non-hydrogen) atoms. The first-order valence-electron chi connectivity index (χ1n) is 9.17. The molecule has 1 aromatic heterocycles. The third-order valence-corrected chi connectivity index (χ3v) is 5.13. The molecule has 1 saturated heterocycles. The Labute approximate surface area is 162 Å². The molecular weight excluding hydrogens is 357 g/mol. The number of likely N-dealkylation sites (N-methyl/N-ethyl adjacent to an activating group) is 1. The van der Waals surface area contributed by atoms with Crippen LogP contribution in [0, 0.1) is 12.7 Å². The molecule has 0 unspecified atom stereocenters. The number of rotatable bonds is 4. The Hall–Kier alpha value is -3.41. The zero-order valence-corrected chi connectivity index (χ0v) is 15.7. The van der Waals surface area contributed by atoms with Crippen LogP contribution in [0.2, 0.25) is 0 Å². The standard InChI is InChI=1S/C22H20FN3O2/c1-3-25-21(27)19(24-22(25)28)12-17-14(2)26(20-11-7-5-9-16(17)20)13-15-8-4-6-10-18(15)23/h4-12H,3,13H2,1-2H3,(H,24,28)/b19-12+. The van der Waals surface area contributed by atoms with Gasteiger partial charge in [-0.15, -0.1) is 0 Å². The lowest BCUT2D eigenvalue weighted by atomic mass is 10.1. The van der Waals surface area contributed by atoms with E-state index in [1.165, 1.54) is 11.0 Å². The Morgan fingerprint density at radius 2 is 1.79 bits per heavy atom. The maximum atomic E-state index is 14.2. The van der Waals surface area contributed by atoms with Crippen molar-refractivity contribution in [3.63, 3.8) is 0 Å². The topological polar surface area (TPSA) is 54.3 Å². The molecule has 0 bridgehead atoms. The van der Waals surface area contributed by atoms with Crippen LogP contribution in [0.5, 0.6) is 0 Å². The highest BCUT2D eigenvalue weighted by Gasteiger charge is 2.32. The van der Waals surface area contributed by atoms with Gasteiger partial charge in [0.2, 0.25) is 0 Å². The van der Waals surface area contributed by atoms with Gasteiger partial charge in [-0.25, -0.2) is 9.18 Å². The summed E-state index contributed by atoms with van der Waals surface area (Å²) in [6.07, 6.45) is 1.71. The van der Waals surface area contributed by atoms with E-state index in [0.29, 0.717) is 18.7 Å². The number of amides is 3. The van der Waals surface area contributed by atoms with Crippen LogP contribution in [-0.4, -0.2) is 28.0 Å². The first kappa shape index (κ1) is 18.0. The molecule has 0 aliphatic carbocycles. The van der Waals surface area contributed by atoms with E-state index in [1.807, 2.05) is 41.8 Å². The molecule has 0 saturated carbocycles.